The summed E-state index contributed by atoms with van der Waals surface area (Å²) >= 11 is 0. The summed E-state index contributed by atoms with van der Waals surface area (Å²) < 4.78 is 12.8. The second kappa shape index (κ2) is 6.67. The fraction of sp³-hybridized carbons (Fsp3) is 0.500. The van der Waals surface area contributed by atoms with Gasteiger partial charge in [0.1, 0.15) is 0 Å². The predicted molar refractivity (Wildman–Crippen MR) is 97.2 cm³/mol. The molecule has 4 rings (SSSR count). The number of amides is 1. The van der Waals surface area contributed by atoms with Gasteiger partial charge in [0.2, 0.25) is 12.7 Å². The van der Waals surface area contributed by atoms with E-state index in [1.165, 1.54) is 5.56 Å². The number of benzene rings is 1. The zero-order chi connectivity index (χ0) is 18.1. The molecule has 0 N–H and O–H groups in total. The number of likely N-dealkylation sites (tertiary alicyclic amines) is 1. The number of aromatic nitrogens is 2. The van der Waals surface area contributed by atoms with E-state index in [2.05, 4.69) is 24.2 Å². The van der Waals surface area contributed by atoms with Crippen LogP contribution in [-0.4, -0.2) is 40.5 Å². The van der Waals surface area contributed by atoms with Crippen molar-refractivity contribution >= 4 is 5.91 Å². The molecule has 0 bridgehead atoms. The fourth-order valence-electron chi connectivity index (χ4n) is 3.90. The lowest BCUT2D eigenvalue weighted by Crippen LogP contribution is -2.47. The molecule has 0 unspecified atom stereocenters. The van der Waals surface area contributed by atoms with Crippen LogP contribution >= 0.6 is 0 Å². The van der Waals surface area contributed by atoms with E-state index in [9.17, 15) is 4.79 Å². The Labute approximate surface area is 153 Å². The molecule has 0 spiro atoms. The smallest absolute Gasteiger partial charge is 0.231 e. The van der Waals surface area contributed by atoms with Crippen molar-refractivity contribution in [1.29, 1.82) is 0 Å². The Bertz CT molecular complexity index is 816. The third-order valence-corrected chi connectivity index (χ3v) is 5.30. The SMILES string of the molecule is Cc1cnn(CCN2C[C@](C)(Cc3ccc4c(c3)OCO4)CCC2=O)c1. The molecule has 3 heterocycles. The summed E-state index contributed by atoms with van der Waals surface area (Å²) in [7, 11) is 0. The monoisotopic (exact) mass is 355 g/mol. The standard InChI is InChI=1S/C20H25N3O3/c1-15-11-21-23(12-15)8-7-22-13-20(2,6-5-19(22)24)10-16-3-4-17-18(9-16)26-14-25-17/h3-4,9,11-12H,5-8,10,13-14H2,1-2H3/t20-/m0/s1. The van der Waals surface area contributed by atoms with E-state index in [4.69, 9.17) is 9.47 Å². The third kappa shape index (κ3) is 3.54. The van der Waals surface area contributed by atoms with Crippen LogP contribution in [0, 0.1) is 12.3 Å². The number of aryl methyl sites for hydroxylation is 1. The largest absolute Gasteiger partial charge is 0.454 e. The Balaban J connectivity index is 1.41. The van der Waals surface area contributed by atoms with Crippen LogP contribution in [0.3, 0.4) is 0 Å². The minimum Gasteiger partial charge on any atom is -0.454 e. The lowest BCUT2D eigenvalue weighted by Gasteiger charge is -2.40. The molecule has 138 valence electrons. The second-order valence-corrected chi connectivity index (χ2v) is 7.77. The molecule has 2 aliphatic rings. The number of carbonyl (C=O) groups excluding carboxylic acids is 1. The molecule has 0 saturated carbocycles. The average Bonchev–Trinajstić information content (AvgIpc) is 3.24. The van der Waals surface area contributed by atoms with Gasteiger partial charge in [-0.15, -0.1) is 0 Å². The number of carbonyl (C=O) groups is 1. The molecule has 1 aromatic carbocycles. The van der Waals surface area contributed by atoms with E-state index in [-0.39, 0.29) is 11.3 Å². The van der Waals surface area contributed by atoms with E-state index in [0.717, 1.165) is 43.0 Å². The van der Waals surface area contributed by atoms with E-state index >= 15 is 0 Å². The molecule has 26 heavy (non-hydrogen) atoms. The van der Waals surface area contributed by atoms with Crippen molar-refractivity contribution in [2.75, 3.05) is 19.9 Å². The molecule has 0 radical (unpaired) electrons. The van der Waals surface area contributed by atoms with E-state index < -0.39 is 0 Å². The molecule has 1 atom stereocenters. The van der Waals surface area contributed by atoms with E-state index in [0.29, 0.717) is 19.8 Å². The summed E-state index contributed by atoms with van der Waals surface area (Å²) in [6.45, 7) is 6.81. The summed E-state index contributed by atoms with van der Waals surface area (Å²) in [4.78, 5) is 14.4. The molecule has 1 aromatic heterocycles. The highest BCUT2D eigenvalue weighted by atomic mass is 16.7. The molecule has 1 amide bonds. The topological polar surface area (TPSA) is 56.6 Å². The lowest BCUT2D eigenvalue weighted by molar-refractivity contribution is -0.137. The van der Waals surface area contributed by atoms with E-state index in [1.807, 2.05) is 35.0 Å². The molecule has 0 aliphatic carbocycles. The minimum absolute atomic E-state index is 0.0711. The predicted octanol–water partition coefficient (Wildman–Crippen LogP) is 2.79. The third-order valence-electron chi connectivity index (χ3n) is 5.30. The number of ether oxygens (including phenoxy) is 2. The van der Waals surface area contributed by atoms with Gasteiger partial charge in [-0.25, -0.2) is 0 Å². The van der Waals surface area contributed by atoms with Gasteiger partial charge in [-0.05, 0) is 48.4 Å². The van der Waals surface area contributed by atoms with Crippen molar-refractivity contribution in [2.45, 2.75) is 39.7 Å². The Kier molecular flexibility index (Phi) is 4.34. The van der Waals surface area contributed by atoms with Gasteiger partial charge in [0.05, 0.1) is 12.7 Å². The van der Waals surface area contributed by atoms with Crippen LogP contribution in [0.4, 0.5) is 0 Å². The molecule has 1 fully saturated rings. The first-order valence-electron chi connectivity index (χ1n) is 9.16. The zero-order valence-electron chi connectivity index (χ0n) is 15.4. The van der Waals surface area contributed by atoms with Crippen LogP contribution in [0.15, 0.2) is 30.6 Å². The van der Waals surface area contributed by atoms with Gasteiger partial charge in [-0.1, -0.05) is 13.0 Å². The lowest BCUT2D eigenvalue weighted by atomic mass is 9.76. The molecular formula is C20H25N3O3. The van der Waals surface area contributed by atoms with Gasteiger partial charge in [-0.3, -0.25) is 9.48 Å². The fourth-order valence-corrected chi connectivity index (χ4v) is 3.90. The normalized spacial score (nSPS) is 22.1. The number of hydrogen-bond acceptors (Lipinski definition) is 4. The van der Waals surface area contributed by atoms with Gasteiger partial charge in [0.25, 0.3) is 0 Å². The van der Waals surface area contributed by atoms with Crippen molar-refractivity contribution in [3.63, 3.8) is 0 Å². The molecular weight excluding hydrogens is 330 g/mol. The average molecular weight is 355 g/mol. The van der Waals surface area contributed by atoms with Crippen LogP contribution in [0.2, 0.25) is 0 Å². The van der Waals surface area contributed by atoms with Crippen LogP contribution in [-0.2, 0) is 17.8 Å². The highest BCUT2D eigenvalue weighted by Crippen LogP contribution is 2.37. The number of nitrogens with zero attached hydrogens (tertiary/aromatic N) is 3. The Morgan fingerprint density at radius 2 is 2.08 bits per heavy atom. The first kappa shape index (κ1) is 16.9. The number of piperidine rings is 1. The number of hydrogen-bond donors (Lipinski definition) is 0. The summed E-state index contributed by atoms with van der Waals surface area (Å²) in [5.41, 5.74) is 2.44. The first-order valence-corrected chi connectivity index (χ1v) is 9.16. The van der Waals surface area contributed by atoms with Crippen LogP contribution in [0.5, 0.6) is 11.5 Å². The zero-order valence-corrected chi connectivity index (χ0v) is 15.4. The van der Waals surface area contributed by atoms with Crippen molar-refractivity contribution < 1.29 is 14.3 Å². The van der Waals surface area contributed by atoms with Crippen LogP contribution in [0.1, 0.15) is 30.9 Å². The Morgan fingerprint density at radius 3 is 2.88 bits per heavy atom. The van der Waals surface area contributed by atoms with Crippen LogP contribution < -0.4 is 9.47 Å². The Hall–Kier alpha value is -2.50. The van der Waals surface area contributed by atoms with Gasteiger partial charge in [-0.2, -0.15) is 5.10 Å². The minimum atomic E-state index is 0.0711. The van der Waals surface area contributed by atoms with Crippen molar-refractivity contribution in [3.05, 3.63) is 41.7 Å². The molecule has 6 nitrogen and oxygen atoms in total. The molecule has 2 aliphatic heterocycles. The highest BCUT2D eigenvalue weighted by Gasteiger charge is 2.35. The van der Waals surface area contributed by atoms with Crippen molar-refractivity contribution in [3.8, 4) is 11.5 Å². The molecule has 6 heteroatoms. The first-order chi connectivity index (χ1) is 12.5. The van der Waals surface area contributed by atoms with E-state index in [1.54, 1.807) is 0 Å². The van der Waals surface area contributed by atoms with Crippen molar-refractivity contribution in [1.82, 2.24) is 14.7 Å². The maximum atomic E-state index is 12.4. The summed E-state index contributed by atoms with van der Waals surface area (Å²) in [5.74, 6) is 1.88. The second-order valence-electron chi connectivity index (χ2n) is 7.77. The van der Waals surface area contributed by atoms with Crippen molar-refractivity contribution in [2.24, 2.45) is 5.41 Å². The Morgan fingerprint density at radius 1 is 1.23 bits per heavy atom. The van der Waals surface area contributed by atoms with Gasteiger partial charge in [0.15, 0.2) is 11.5 Å². The van der Waals surface area contributed by atoms with Gasteiger partial charge < -0.3 is 14.4 Å². The summed E-state index contributed by atoms with van der Waals surface area (Å²) in [6.07, 6.45) is 6.31. The number of fused-ring (bicyclic) bond motifs is 1. The summed E-state index contributed by atoms with van der Waals surface area (Å²) in [6, 6.07) is 6.15. The quantitative estimate of drug-likeness (QED) is 0.828. The highest BCUT2D eigenvalue weighted by molar-refractivity contribution is 5.77. The maximum absolute atomic E-state index is 12.4. The van der Waals surface area contributed by atoms with Gasteiger partial charge >= 0.3 is 0 Å². The maximum Gasteiger partial charge on any atom is 0.231 e. The molecule has 1 saturated heterocycles. The summed E-state index contributed by atoms with van der Waals surface area (Å²) in [5, 5.41) is 4.32. The number of rotatable bonds is 5. The molecule has 2 aromatic rings. The van der Waals surface area contributed by atoms with Gasteiger partial charge in [0, 0.05) is 25.7 Å². The van der Waals surface area contributed by atoms with Crippen LogP contribution in [0.25, 0.3) is 0 Å².